The molecule has 1 atom stereocenters. The fourth-order valence-corrected chi connectivity index (χ4v) is 2.69. The van der Waals surface area contributed by atoms with Gasteiger partial charge in [-0.25, -0.2) is 9.97 Å². The number of halogens is 1. The van der Waals surface area contributed by atoms with Gasteiger partial charge in [0, 0.05) is 36.1 Å². The minimum absolute atomic E-state index is 0.188. The maximum Gasteiger partial charge on any atom is 0.251 e. The first-order valence-electron chi connectivity index (χ1n) is 9.30. The predicted molar refractivity (Wildman–Crippen MR) is 110 cm³/mol. The maximum atomic E-state index is 12.5. The van der Waals surface area contributed by atoms with Crippen LogP contribution >= 0.6 is 11.6 Å². The first-order valence-corrected chi connectivity index (χ1v) is 9.68. The van der Waals surface area contributed by atoms with Crippen LogP contribution < -0.4 is 16.0 Å². The maximum absolute atomic E-state index is 12.5. The molecule has 1 aromatic heterocycles. The number of nitrogens with zero attached hydrogens (tertiary/aromatic N) is 2. The molecule has 0 fully saturated rings. The van der Waals surface area contributed by atoms with E-state index in [1.54, 1.807) is 42.7 Å². The summed E-state index contributed by atoms with van der Waals surface area (Å²) in [6.07, 6.45) is 4.60. The Labute approximate surface area is 170 Å². The molecule has 0 aliphatic heterocycles. The number of nitrogens with one attached hydrogen (secondary N) is 3. The SMILES string of the molecule is CC(C)CC(NC(=O)c1ccc(Cl)cc1)C(=O)NCCCNc1ncccn1. The Kier molecular flexibility index (Phi) is 8.68. The van der Waals surface area contributed by atoms with Crippen molar-refractivity contribution in [3.8, 4) is 0 Å². The molecule has 2 amide bonds. The summed E-state index contributed by atoms with van der Waals surface area (Å²) in [5.74, 6) is 0.340. The lowest BCUT2D eigenvalue weighted by Gasteiger charge is -2.20. The molecule has 150 valence electrons. The van der Waals surface area contributed by atoms with Crippen molar-refractivity contribution in [3.05, 3.63) is 53.3 Å². The van der Waals surface area contributed by atoms with Gasteiger partial charge in [0.05, 0.1) is 0 Å². The van der Waals surface area contributed by atoms with Crippen molar-refractivity contribution in [1.29, 1.82) is 0 Å². The van der Waals surface area contributed by atoms with Gasteiger partial charge >= 0.3 is 0 Å². The van der Waals surface area contributed by atoms with Crippen LogP contribution in [0, 0.1) is 5.92 Å². The normalized spacial score (nSPS) is 11.7. The van der Waals surface area contributed by atoms with Crippen LogP contribution in [0.25, 0.3) is 0 Å². The van der Waals surface area contributed by atoms with Gasteiger partial charge in [0.1, 0.15) is 6.04 Å². The summed E-state index contributed by atoms with van der Waals surface area (Å²) in [6, 6.07) is 7.74. The van der Waals surface area contributed by atoms with E-state index in [-0.39, 0.29) is 17.7 Å². The highest BCUT2D eigenvalue weighted by molar-refractivity contribution is 6.30. The van der Waals surface area contributed by atoms with E-state index in [0.717, 1.165) is 0 Å². The molecule has 2 rings (SSSR count). The molecular formula is C20H26ClN5O2. The third-order valence-electron chi connectivity index (χ3n) is 3.94. The number of hydrogen-bond donors (Lipinski definition) is 3. The zero-order valence-corrected chi connectivity index (χ0v) is 16.9. The average molecular weight is 404 g/mol. The van der Waals surface area contributed by atoms with Crippen molar-refractivity contribution >= 4 is 29.4 Å². The van der Waals surface area contributed by atoms with E-state index in [9.17, 15) is 9.59 Å². The van der Waals surface area contributed by atoms with Gasteiger partial charge in [-0.2, -0.15) is 0 Å². The topological polar surface area (TPSA) is 96.0 Å². The summed E-state index contributed by atoms with van der Waals surface area (Å²) < 4.78 is 0. The van der Waals surface area contributed by atoms with Crippen LogP contribution in [-0.4, -0.2) is 40.9 Å². The fraction of sp³-hybridized carbons (Fsp3) is 0.400. The number of amides is 2. The first-order chi connectivity index (χ1) is 13.5. The van der Waals surface area contributed by atoms with Gasteiger partial charge in [-0.15, -0.1) is 0 Å². The van der Waals surface area contributed by atoms with E-state index in [0.29, 0.717) is 42.5 Å². The highest BCUT2D eigenvalue weighted by atomic mass is 35.5. The lowest BCUT2D eigenvalue weighted by atomic mass is 10.0. The molecule has 0 bridgehead atoms. The first kappa shape index (κ1) is 21.6. The third-order valence-corrected chi connectivity index (χ3v) is 4.19. The lowest BCUT2D eigenvalue weighted by molar-refractivity contribution is -0.123. The quantitative estimate of drug-likeness (QED) is 0.530. The summed E-state index contributed by atoms with van der Waals surface area (Å²) >= 11 is 5.85. The molecule has 1 aromatic carbocycles. The summed E-state index contributed by atoms with van der Waals surface area (Å²) in [5, 5.41) is 9.35. The van der Waals surface area contributed by atoms with Crippen LogP contribution in [0.1, 0.15) is 37.0 Å². The molecule has 0 saturated heterocycles. The van der Waals surface area contributed by atoms with Crippen molar-refractivity contribution < 1.29 is 9.59 Å². The molecular weight excluding hydrogens is 378 g/mol. The van der Waals surface area contributed by atoms with E-state index >= 15 is 0 Å². The smallest absolute Gasteiger partial charge is 0.251 e. The Morgan fingerprint density at radius 2 is 1.75 bits per heavy atom. The molecule has 0 spiro atoms. The number of rotatable bonds is 10. The molecule has 0 radical (unpaired) electrons. The van der Waals surface area contributed by atoms with Crippen LogP contribution in [0.2, 0.25) is 5.02 Å². The molecule has 7 nitrogen and oxygen atoms in total. The van der Waals surface area contributed by atoms with Gasteiger partial charge in [-0.3, -0.25) is 9.59 Å². The molecule has 8 heteroatoms. The second kappa shape index (κ2) is 11.2. The molecule has 28 heavy (non-hydrogen) atoms. The second-order valence-electron chi connectivity index (χ2n) is 6.81. The number of anilines is 1. The minimum Gasteiger partial charge on any atom is -0.354 e. The van der Waals surface area contributed by atoms with Gasteiger partial charge in [0.15, 0.2) is 0 Å². The van der Waals surface area contributed by atoms with E-state index in [4.69, 9.17) is 11.6 Å². The minimum atomic E-state index is -0.589. The molecule has 0 aliphatic carbocycles. The van der Waals surface area contributed by atoms with Gasteiger partial charge in [-0.05, 0) is 49.1 Å². The van der Waals surface area contributed by atoms with Crippen LogP contribution in [0.3, 0.4) is 0 Å². The summed E-state index contributed by atoms with van der Waals surface area (Å²) in [7, 11) is 0. The highest BCUT2D eigenvalue weighted by Gasteiger charge is 2.22. The molecule has 0 aliphatic rings. The Morgan fingerprint density at radius 3 is 2.39 bits per heavy atom. The number of carbonyl (C=O) groups excluding carboxylic acids is 2. The van der Waals surface area contributed by atoms with Gasteiger partial charge in [-0.1, -0.05) is 25.4 Å². The number of benzene rings is 1. The highest BCUT2D eigenvalue weighted by Crippen LogP contribution is 2.11. The number of hydrogen-bond acceptors (Lipinski definition) is 5. The third kappa shape index (κ3) is 7.52. The molecule has 1 heterocycles. The van der Waals surface area contributed by atoms with E-state index < -0.39 is 6.04 Å². The van der Waals surface area contributed by atoms with Gasteiger partial charge in [0.2, 0.25) is 11.9 Å². The number of carbonyl (C=O) groups is 2. The van der Waals surface area contributed by atoms with Gasteiger partial charge in [0.25, 0.3) is 5.91 Å². The van der Waals surface area contributed by atoms with Crippen LogP contribution in [0.4, 0.5) is 5.95 Å². The van der Waals surface area contributed by atoms with Crippen molar-refractivity contribution in [3.63, 3.8) is 0 Å². The van der Waals surface area contributed by atoms with Crippen LogP contribution in [0.15, 0.2) is 42.7 Å². The Hall–Kier alpha value is -2.67. The summed E-state index contributed by atoms with van der Waals surface area (Å²) in [5.41, 5.74) is 0.470. The van der Waals surface area contributed by atoms with E-state index in [1.807, 2.05) is 13.8 Å². The van der Waals surface area contributed by atoms with Crippen LogP contribution in [-0.2, 0) is 4.79 Å². The zero-order valence-electron chi connectivity index (χ0n) is 16.1. The Morgan fingerprint density at radius 1 is 1.07 bits per heavy atom. The molecule has 2 aromatic rings. The van der Waals surface area contributed by atoms with E-state index in [1.165, 1.54) is 0 Å². The molecule has 3 N–H and O–H groups in total. The standard InChI is InChI=1S/C20H26ClN5O2/c1-14(2)13-17(26-18(27)15-5-7-16(21)8-6-15)19(28)22-9-3-10-23-20-24-11-4-12-25-20/h4-8,11-12,14,17H,3,9-10,13H2,1-2H3,(H,22,28)(H,26,27)(H,23,24,25). The van der Waals surface area contributed by atoms with Crippen molar-refractivity contribution in [1.82, 2.24) is 20.6 Å². The largest absolute Gasteiger partial charge is 0.354 e. The van der Waals surface area contributed by atoms with E-state index in [2.05, 4.69) is 25.9 Å². The van der Waals surface area contributed by atoms with Crippen molar-refractivity contribution in [2.75, 3.05) is 18.4 Å². The van der Waals surface area contributed by atoms with Gasteiger partial charge < -0.3 is 16.0 Å². The van der Waals surface area contributed by atoms with Crippen LogP contribution in [0.5, 0.6) is 0 Å². The predicted octanol–water partition coefficient (Wildman–Crippen LogP) is 2.89. The summed E-state index contributed by atoms with van der Waals surface area (Å²) in [6.45, 7) is 5.15. The fourth-order valence-electron chi connectivity index (χ4n) is 2.56. The Bertz CT molecular complexity index is 753. The van der Waals surface area contributed by atoms with Crippen molar-refractivity contribution in [2.45, 2.75) is 32.7 Å². The van der Waals surface area contributed by atoms with Crippen molar-refractivity contribution in [2.24, 2.45) is 5.92 Å². The Balaban J connectivity index is 1.81. The monoisotopic (exact) mass is 403 g/mol. The zero-order chi connectivity index (χ0) is 20.4. The second-order valence-corrected chi connectivity index (χ2v) is 7.24. The summed E-state index contributed by atoms with van der Waals surface area (Å²) in [4.78, 5) is 33.1. The molecule has 0 saturated carbocycles. The number of aromatic nitrogens is 2. The average Bonchev–Trinajstić information content (AvgIpc) is 2.68. The lowest BCUT2D eigenvalue weighted by Crippen LogP contribution is -2.47. The molecule has 1 unspecified atom stereocenters.